The Morgan fingerprint density at radius 2 is 2.09 bits per heavy atom. The topological polar surface area (TPSA) is 46.9 Å². The quantitative estimate of drug-likeness (QED) is 0.901. The molecule has 0 atom stereocenters. The van der Waals surface area contributed by atoms with Gasteiger partial charge in [0.1, 0.15) is 12.3 Å². The highest BCUT2D eigenvalue weighted by atomic mass is 16.5. The standard InChI is InChI=1S/C18H21N3O2/c1-23-17-6-2-5-16(12-17)18(22)21-10-8-20(9-11-21)14-15-4-3-7-19-13-15/h2-7,12-13H,8-11,14H2,1H3/p+1. The zero-order chi connectivity index (χ0) is 16.1. The summed E-state index contributed by atoms with van der Waals surface area (Å²) in [4.78, 5) is 20.2. The number of nitrogens with zero attached hydrogens (tertiary/aromatic N) is 2. The summed E-state index contributed by atoms with van der Waals surface area (Å²) in [7, 11) is 1.62. The van der Waals surface area contributed by atoms with E-state index in [1.807, 2.05) is 35.4 Å². The maximum absolute atomic E-state index is 12.6. The Morgan fingerprint density at radius 3 is 2.78 bits per heavy atom. The van der Waals surface area contributed by atoms with Gasteiger partial charge in [0.15, 0.2) is 0 Å². The fourth-order valence-electron chi connectivity index (χ4n) is 2.93. The van der Waals surface area contributed by atoms with Gasteiger partial charge >= 0.3 is 0 Å². The van der Waals surface area contributed by atoms with Gasteiger partial charge in [-0.05, 0) is 24.3 Å². The van der Waals surface area contributed by atoms with Crippen molar-refractivity contribution in [3.05, 3.63) is 59.9 Å². The summed E-state index contributed by atoms with van der Waals surface area (Å²) < 4.78 is 5.20. The Hall–Kier alpha value is -2.40. The van der Waals surface area contributed by atoms with E-state index in [1.54, 1.807) is 19.4 Å². The third-order valence-electron chi connectivity index (χ3n) is 4.25. The molecule has 0 bridgehead atoms. The number of benzene rings is 1. The second-order valence-electron chi connectivity index (χ2n) is 5.81. The van der Waals surface area contributed by atoms with Gasteiger partial charge in [0.2, 0.25) is 0 Å². The van der Waals surface area contributed by atoms with Gasteiger partial charge in [-0.3, -0.25) is 9.78 Å². The minimum atomic E-state index is 0.0873. The highest BCUT2D eigenvalue weighted by molar-refractivity contribution is 5.94. The van der Waals surface area contributed by atoms with E-state index >= 15 is 0 Å². The molecule has 1 aliphatic rings. The van der Waals surface area contributed by atoms with Crippen LogP contribution in [0.3, 0.4) is 0 Å². The van der Waals surface area contributed by atoms with Crippen molar-refractivity contribution in [1.29, 1.82) is 0 Å². The Morgan fingerprint density at radius 1 is 1.26 bits per heavy atom. The van der Waals surface area contributed by atoms with Crippen molar-refractivity contribution in [3.8, 4) is 5.75 Å². The molecule has 23 heavy (non-hydrogen) atoms. The van der Waals surface area contributed by atoms with Gasteiger partial charge in [-0.15, -0.1) is 0 Å². The van der Waals surface area contributed by atoms with E-state index in [9.17, 15) is 4.79 Å². The third kappa shape index (κ3) is 3.87. The number of amides is 1. The number of aromatic nitrogens is 1. The normalized spacial score (nSPS) is 15.4. The van der Waals surface area contributed by atoms with Gasteiger partial charge in [0, 0.05) is 23.5 Å². The molecule has 0 unspecified atom stereocenters. The third-order valence-corrected chi connectivity index (χ3v) is 4.25. The first kappa shape index (κ1) is 15.5. The van der Waals surface area contributed by atoms with Crippen LogP contribution in [0, 0.1) is 0 Å². The highest BCUT2D eigenvalue weighted by Gasteiger charge is 2.24. The predicted octanol–water partition coefficient (Wildman–Crippen LogP) is 0.631. The lowest BCUT2D eigenvalue weighted by atomic mass is 10.1. The van der Waals surface area contributed by atoms with E-state index in [0.717, 1.165) is 38.5 Å². The van der Waals surface area contributed by atoms with Crippen molar-refractivity contribution in [2.24, 2.45) is 0 Å². The Labute approximate surface area is 136 Å². The molecule has 1 N–H and O–H groups in total. The number of carbonyl (C=O) groups is 1. The van der Waals surface area contributed by atoms with E-state index in [4.69, 9.17) is 4.74 Å². The van der Waals surface area contributed by atoms with Gasteiger partial charge in [-0.2, -0.15) is 0 Å². The molecule has 1 saturated heterocycles. The highest BCUT2D eigenvalue weighted by Crippen LogP contribution is 2.14. The average Bonchev–Trinajstić information content (AvgIpc) is 2.63. The SMILES string of the molecule is COc1cccc(C(=O)N2CC[NH+](Cc3cccnc3)CC2)c1. The molecule has 0 radical (unpaired) electrons. The van der Waals surface area contributed by atoms with Gasteiger partial charge < -0.3 is 14.5 Å². The second kappa shape index (κ2) is 7.24. The fourth-order valence-corrected chi connectivity index (χ4v) is 2.93. The molecule has 1 aromatic carbocycles. The summed E-state index contributed by atoms with van der Waals surface area (Å²) in [5, 5.41) is 0. The van der Waals surface area contributed by atoms with Gasteiger partial charge in [0.25, 0.3) is 5.91 Å². The first-order chi connectivity index (χ1) is 11.3. The molecule has 0 spiro atoms. The number of piperazine rings is 1. The zero-order valence-electron chi connectivity index (χ0n) is 13.4. The largest absolute Gasteiger partial charge is 0.497 e. The van der Waals surface area contributed by atoms with Gasteiger partial charge in [0.05, 0.1) is 33.3 Å². The van der Waals surface area contributed by atoms with Crippen LogP contribution >= 0.6 is 0 Å². The summed E-state index contributed by atoms with van der Waals surface area (Å²) in [6.45, 7) is 4.46. The second-order valence-corrected chi connectivity index (χ2v) is 5.81. The fraction of sp³-hybridized carbons (Fsp3) is 0.333. The van der Waals surface area contributed by atoms with Crippen LogP contribution in [-0.4, -0.2) is 49.1 Å². The number of rotatable bonds is 4. The molecule has 5 nitrogen and oxygen atoms in total. The number of nitrogens with one attached hydrogen (secondary N) is 1. The van der Waals surface area contributed by atoms with Crippen LogP contribution in [0.5, 0.6) is 5.75 Å². The van der Waals surface area contributed by atoms with Crippen LogP contribution in [-0.2, 0) is 6.54 Å². The maximum Gasteiger partial charge on any atom is 0.254 e. The minimum Gasteiger partial charge on any atom is -0.497 e. The number of carbonyl (C=O) groups excluding carboxylic acids is 1. The molecular weight excluding hydrogens is 290 g/mol. The number of pyridine rings is 1. The van der Waals surface area contributed by atoms with Crippen molar-refractivity contribution in [2.45, 2.75) is 6.54 Å². The molecule has 5 heteroatoms. The Balaban J connectivity index is 1.57. The molecule has 0 aliphatic carbocycles. The number of ether oxygens (including phenoxy) is 1. The molecule has 1 fully saturated rings. The van der Waals surface area contributed by atoms with Crippen molar-refractivity contribution >= 4 is 5.91 Å². The molecule has 120 valence electrons. The first-order valence-electron chi connectivity index (χ1n) is 7.92. The lowest BCUT2D eigenvalue weighted by Gasteiger charge is -2.32. The van der Waals surface area contributed by atoms with Crippen LogP contribution in [0.2, 0.25) is 0 Å². The van der Waals surface area contributed by atoms with E-state index < -0.39 is 0 Å². The summed E-state index contributed by atoms with van der Waals surface area (Å²) in [5.74, 6) is 0.806. The smallest absolute Gasteiger partial charge is 0.254 e. The van der Waals surface area contributed by atoms with E-state index in [0.29, 0.717) is 5.56 Å². The number of quaternary nitrogens is 1. The maximum atomic E-state index is 12.6. The zero-order valence-corrected chi connectivity index (χ0v) is 13.4. The summed E-state index contributed by atoms with van der Waals surface area (Å²) >= 11 is 0. The number of methoxy groups -OCH3 is 1. The van der Waals surface area contributed by atoms with Crippen LogP contribution in [0.4, 0.5) is 0 Å². The van der Waals surface area contributed by atoms with Crippen molar-refractivity contribution in [2.75, 3.05) is 33.3 Å². The predicted molar refractivity (Wildman–Crippen MR) is 87.5 cm³/mol. The molecule has 2 heterocycles. The van der Waals surface area contributed by atoms with Gasteiger partial charge in [-0.1, -0.05) is 12.1 Å². The van der Waals surface area contributed by atoms with Crippen LogP contribution in [0.25, 0.3) is 0 Å². The molecule has 1 aromatic heterocycles. The average molecular weight is 312 g/mol. The molecule has 1 aliphatic heterocycles. The summed E-state index contributed by atoms with van der Waals surface area (Å²) in [6, 6.07) is 11.4. The lowest BCUT2D eigenvalue weighted by molar-refractivity contribution is -0.917. The molecule has 3 rings (SSSR count). The Bertz CT molecular complexity index is 652. The van der Waals surface area contributed by atoms with Crippen molar-refractivity contribution < 1.29 is 14.4 Å². The van der Waals surface area contributed by atoms with E-state index in [2.05, 4.69) is 11.1 Å². The minimum absolute atomic E-state index is 0.0873. The van der Waals surface area contributed by atoms with Crippen molar-refractivity contribution in [1.82, 2.24) is 9.88 Å². The van der Waals surface area contributed by atoms with Crippen LogP contribution < -0.4 is 9.64 Å². The molecule has 2 aromatic rings. The Kier molecular flexibility index (Phi) is 4.88. The molecular formula is C18H22N3O2+. The first-order valence-corrected chi connectivity index (χ1v) is 7.92. The number of hydrogen-bond acceptors (Lipinski definition) is 3. The lowest BCUT2D eigenvalue weighted by Crippen LogP contribution is -3.13. The summed E-state index contributed by atoms with van der Waals surface area (Å²) in [5.41, 5.74) is 1.94. The molecule has 1 amide bonds. The summed E-state index contributed by atoms with van der Waals surface area (Å²) in [6.07, 6.45) is 3.71. The van der Waals surface area contributed by atoms with E-state index in [1.165, 1.54) is 10.5 Å². The van der Waals surface area contributed by atoms with Crippen LogP contribution in [0.15, 0.2) is 48.8 Å². The monoisotopic (exact) mass is 312 g/mol. The van der Waals surface area contributed by atoms with Crippen molar-refractivity contribution in [3.63, 3.8) is 0 Å². The van der Waals surface area contributed by atoms with Gasteiger partial charge in [-0.25, -0.2) is 0 Å². The number of hydrogen-bond donors (Lipinski definition) is 1. The van der Waals surface area contributed by atoms with E-state index in [-0.39, 0.29) is 5.91 Å². The van der Waals surface area contributed by atoms with Crippen LogP contribution in [0.1, 0.15) is 15.9 Å². The molecule has 0 saturated carbocycles.